The van der Waals surface area contributed by atoms with Crippen molar-refractivity contribution < 1.29 is 4.79 Å². The molecule has 0 saturated heterocycles. The molecule has 0 atom stereocenters. The van der Waals surface area contributed by atoms with Gasteiger partial charge in [-0.05, 0) is 24.7 Å². The van der Waals surface area contributed by atoms with Crippen molar-refractivity contribution in [3.8, 4) is 0 Å². The second-order valence-corrected chi connectivity index (χ2v) is 10.4. The summed E-state index contributed by atoms with van der Waals surface area (Å²) in [4.78, 5) is 13.0. The zero-order chi connectivity index (χ0) is 23.0. The Bertz CT molecular complexity index is 821. The molecule has 6 heteroatoms. The van der Waals surface area contributed by atoms with E-state index in [-0.39, 0.29) is 5.91 Å². The second-order valence-electron chi connectivity index (χ2n) is 8.55. The van der Waals surface area contributed by atoms with Gasteiger partial charge in [-0.1, -0.05) is 120 Å². The zero-order valence-electron chi connectivity index (χ0n) is 19.5. The lowest BCUT2D eigenvalue weighted by atomic mass is 10.0. The molecule has 0 spiro atoms. The van der Waals surface area contributed by atoms with E-state index >= 15 is 0 Å². The first-order valence-corrected chi connectivity index (χ1v) is 14.0. The molecular formula is C26H39ClN2OS2. The van der Waals surface area contributed by atoms with Gasteiger partial charge in [-0.3, -0.25) is 10.1 Å². The van der Waals surface area contributed by atoms with Crippen molar-refractivity contribution in [1.82, 2.24) is 10.6 Å². The van der Waals surface area contributed by atoms with Crippen LogP contribution in [-0.4, -0.2) is 17.6 Å². The molecule has 0 aliphatic carbocycles. The molecule has 0 bridgehead atoms. The summed E-state index contributed by atoms with van der Waals surface area (Å²) >= 11 is 13.0. The number of amides is 1. The summed E-state index contributed by atoms with van der Waals surface area (Å²) in [5.41, 5.74) is 0. The van der Waals surface area contributed by atoms with Gasteiger partial charge in [-0.15, -0.1) is 11.3 Å². The van der Waals surface area contributed by atoms with Crippen LogP contribution in [0.2, 0.25) is 5.02 Å². The normalized spacial score (nSPS) is 11.1. The molecule has 0 unspecified atom stereocenters. The highest BCUT2D eigenvalue weighted by Crippen LogP contribution is 2.34. The Labute approximate surface area is 208 Å². The molecule has 1 heterocycles. The van der Waals surface area contributed by atoms with Crippen LogP contribution < -0.4 is 10.6 Å². The van der Waals surface area contributed by atoms with Crippen molar-refractivity contribution in [2.75, 3.05) is 6.54 Å². The number of hydrogen-bond donors (Lipinski definition) is 2. The van der Waals surface area contributed by atoms with Gasteiger partial charge in [0.15, 0.2) is 5.11 Å². The standard InChI is InChI=1S/C26H39ClN2OS2/c1-2-3-4-5-6-7-8-9-10-11-12-13-14-17-20-28-26(31)29-25(30)24-23(27)21-18-15-16-19-22(21)32-24/h15-16,18-19H,2-14,17,20H2,1H3,(H2,28,29,30,31). The van der Waals surface area contributed by atoms with Crippen LogP contribution in [0.4, 0.5) is 0 Å². The number of thiophene rings is 1. The minimum absolute atomic E-state index is 0.241. The molecule has 3 nitrogen and oxygen atoms in total. The molecule has 0 saturated carbocycles. The summed E-state index contributed by atoms with van der Waals surface area (Å²) in [5.74, 6) is -0.241. The number of fused-ring (bicyclic) bond motifs is 1. The van der Waals surface area contributed by atoms with Crippen molar-refractivity contribution in [2.24, 2.45) is 0 Å². The first-order valence-electron chi connectivity index (χ1n) is 12.4. The van der Waals surface area contributed by atoms with Crippen LogP contribution in [0.15, 0.2) is 24.3 Å². The van der Waals surface area contributed by atoms with E-state index in [0.717, 1.165) is 23.1 Å². The van der Waals surface area contributed by atoms with E-state index in [9.17, 15) is 4.79 Å². The van der Waals surface area contributed by atoms with E-state index in [0.29, 0.717) is 15.0 Å². The summed E-state index contributed by atoms with van der Waals surface area (Å²) in [6, 6.07) is 7.76. The van der Waals surface area contributed by atoms with Gasteiger partial charge in [-0.2, -0.15) is 0 Å². The lowest BCUT2D eigenvalue weighted by Gasteiger charge is -2.09. The van der Waals surface area contributed by atoms with Crippen LogP contribution in [0.25, 0.3) is 10.1 Å². The highest BCUT2D eigenvalue weighted by atomic mass is 35.5. The average Bonchev–Trinajstić information content (AvgIpc) is 3.13. The number of benzene rings is 1. The summed E-state index contributed by atoms with van der Waals surface area (Å²) in [6.07, 6.45) is 18.8. The maximum Gasteiger partial charge on any atom is 0.269 e. The van der Waals surface area contributed by atoms with Crippen molar-refractivity contribution >= 4 is 56.3 Å². The van der Waals surface area contributed by atoms with Gasteiger partial charge >= 0.3 is 0 Å². The van der Waals surface area contributed by atoms with Gasteiger partial charge in [0.2, 0.25) is 0 Å². The molecule has 0 aliphatic rings. The number of carbonyl (C=O) groups is 1. The fourth-order valence-corrected chi connectivity index (χ4v) is 5.49. The van der Waals surface area contributed by atoms with E-state index in [2.05, 4.69) is 17.6 Å². The predicted octanol–water partition coefficient (Wildman–Crippen LogP) is 8.64. The monoisotopic (exact) mass is 494 g/mol. The van der Waals surface area contributed by atoms with Crippen molar-refractivity contribution in [1.29, 1.82) is 0 Å². The number of halogens is 1. The molecule has 0 aliphatic heterocycles. The third-order valence-corrected chi connectivity index (χ3v) is 7.70. The van der Waals surface area contributed by atoms with Gasteiger partial charge < -0.3 is 5.32 Å². The van der Waals surface area contributed by atoms with Gasteiger partial charge in [0.05, 0.1) is 5.02 Å². The largest absolute Gasteiger partial charge is 0.362 e. The smallest absolute Gasteiger partial charge is 0.269 e. The first-order chi connectivity index (χ1) is 15.6. The van der Waals surface area contributed by atoms with Gasteiger partial charge in [-0.25, -0.2) is 0 Å². The topological polar surface area (TPSA) is 41.1 Å². The van der Waals surface area contributed by atoms with Crippen LogP contribution in [-0.2, 0) is 0 Å². The molecule has 1 amide bonds. The van der Waals surface area contributed by atoms with Gasteiger partial charge in [0.25, 0.3) is 5.91 Å². The Morgan fingerprint density at radius 3 is 1.97 bits per heavy atom. The minimum atomic E-state index is -0.241. The van der Waals surface area contributed by atoms with Crippen LogP contribution in [0, 0.1) is 0 Å². The second kappa shape index (κ2) is 16.4. The summed E-state index contributed by atoms with van der Waals surface area (Å²) in [5, 5.41) is 7.68. The molecule has 32 heavy (non-hydrogen) atoms. The molecule has 2 rings (SSSR count). The SMILES string of the molecule is CCCCCCCCCCCCCCCCNC(=S)NC(=O)c1sc2ccccc2c1Cl. The van der Waals surface area contributed by atoms with Crippen molar-refractivity contribution in [2.45, 2.75) is 96.8 Å². The highest BCUT2D eigenvalue weighted by molar-refractivity contribution is 7.80. The van der Waals surface area contributed by atoms with Crippen molar-refractivity contribution in [3.63, 3.8) is 0 Å². The average molecular weight is 495 g/mol. The lowest BCUT2D eigenvalue weighted by Crippen LogP contribution is -2.39. The van der Waals surface area contributed by atoms with Gasteiger partial charge in [0.1, 0.15) is 4.88 Å². The molecule has 0 radical (unpaired) electrons. The molecule has 1 aromatic heterocycles. The maximum atomic E-state index is 12.5. The fraction of sp³-hybridized carbons (Fsp3) is 0.615. The number of unbranched alkanes of at least 4 members (excludes halogenated alkanes) is 13. The Balaban J connectivity index is 1.44. The van der Waals surface area contributed by atoms with Crippen molar-refractivity contribution in [3.05, 3.63) is 34.2 Å². The molecule has 0 fully saturated rings. The number of nitrogens with one attached hydrogen (secondary N) is 2. The predicted molar refractivity (Wildman–Crippen MR) is 145 cm³/mol. The third-order valence-electron chi connectivity index (χ3n) is 5.78. The highest BCUT2D eigenvalue weighted by Gasteiger charge is 2.17. The van der Waals surface area contributed by atoms with E-state index in [1.54, 1.807) is 0 Å². The molecule has 178 valence electrons. The number of carbonyl (C=O) groups excluding carboxylic acids is 1. The maximum absolute atomic E-state index is 12.5. The number of hydrogen-bond acceptors (Lipinski definition) is 3. The number of thiocarbonyl (C=S) groups is 1. The van der Waals surface area contributed by atoms with E-state index in [4.69, 9.17) is 23.8 Å². The Morgan fingerprint density at radius 1 is 0.875 bits per heavy atom. The summed E-state index contributed by atoms with van der Waals surface area (Å²) < 4.78 is 1.00. The minimum Gasteiger partial charge on any atom is -0.362 e. The van der Waals surface area contributed by atoms with Crippen LogP contribution >= 0.6 is 35.2 Å². The van der Waals surface area contributed by atoms with Crippen LogP contribution in [0.5, 0.6) is 0 Å². The quantitative estimate of drug-likeness (QED) is 0.181. The lowest BCUT2D eigenvalue weighted by molar-refractivity contribution is 0.0981. The Hall–Kier alpha value is -1.17. The van der Waals surface area contributed by atoms with Crippen LogP contribution in [0.1, 0.15) is 106 Å². The number of rotatable bonds is 16. The molecular weight excluding hydrogens is 456 g/mol. The Morgan fingerprint density at radius 2 is 1.41 bits per heavy atom. The van der Waals surface area contributed by atoms with E-state index in [1.165, 1.54) is 94.8 Å². The van der Waals surface area contributed by atoms with E-state index < -0.39 is 0 Å². The summed E-state index contributed by atoms with van der Waals surface area (Å²) in [6.45, 7) is 3.06. The molecule has 2 N–H and O–H groups in total. The third kappa shape index (κ3) is 10.2. The fourth-order valence-electron chi connectivity index (χ4n) is 3.89. The molecule has 1 aromatic carbocycles. The Kier molecular flexibility index (Phi) is 13.9. The zero-order valence-corrected chi connectivity index (χ0v) is 21.9. The first kappa shape index (κ1) is 27.1. The van der Waals surface area contributed by atoms with E-state index in [1.807, 2.05) is 24.3 Å². The van der Waals surface area contributed by atoms with Crippen LogP contribution in [0.3, 0.4) is 0 Å². The van der Waals surface area contributed by atoms with Gasteiger partial charge in [0, 0.05) is 16.6 Å². The summed E-state index contributed by atoms with van der Waals surface area (Å²) in [7, 11) is 0. The molecule has 2 aromatic rings.